The molecule has 8 nitrogen and oxygen atoms in total. The van der Waals surface area contributed by atoms with E-state index >= 15 is 0 Å². The van der Waals surface area contributed by atoms with Crippen LogP contribution in [0, 0.1) is 11.6 Å². The highest BCUT2D eigenvalue weighted by molar-refractivity contribution is 5.75. The van der Waals surface area contributed by atoms with E-state index in [1.807, 2.05) is 0 Å². The molecule has 0 aliphatic carbocycles. The Morgan fingerprint density at radius 2 is 2.12 bits per heavy atom. The number of rotatable bonds is 4. The molecule has 0 N–H and O–H groups in total. The molecule has 0 aliphatic rings. The summed E-state index contributed by atoms with van der Waals surface area (Å²) in [6.07, 6.45) is 1.46. The number of nitrogens with zero attached hydrogens (tertiary/aromatic N) is 5. The number of benzene rings is 1. The zero-order valence-corrected chi connectivity index (χ0v) is 13.3. The number of carbonyl (C=O) groups excluding carboxylic acids is 1. The highest BCUT2D eigenvalue weighted by Gasteiger charge is 2.23. The standard InChI is InChI=1S/C15H13F2N5O3/c1-3-10(15(24)25-2)21-7-18-13-12(14(21)23)19-20-22(13)11-5-4-8(16)6-9(11)17/h4-7,10H,3H2,1-2H3/t10-/m0/s1. The molecule has 0 bridgehead atoms. The maximum Gasteiger partial charge on any atom is 0.329 e. The predicted molar refractivity (Wildman–Crippen MR) is 82.2 cm³/mol. The molecular formula is C15H13F2N5O3. The van der Waals surface area contributed by atoms with Gasteiger partial charge in [0, 0.05) is 6.07 Å². The number of carbonyl (C=O) groups is 1. The maximum atomic E-state index is 14.0. The molecule has 0 spiro atoms. The van der Waals surface area contributed by atoms with E-state index in [4.69, 9.17) is 0 Å². The van der Waals surface area contributed by atoms with E-state index in [2.05, 4.69) is 20.0 Å². The quantitative estimate of drug-likeness (QED) is 0.661. The van der Waals surface area contributed by atoms with Crippen molar-refractivity contribution in [3.63, 3.8) is 0 Å². The summed E-state index contributed by atoms with van der Waals surface area (Å²) in [7, 11) is 1.22. The first-order valence-corrected chi connectivity index (χ1v) is 7.33. The van der Waals surface area contributed by atoms with E-state index in [0.29, 0.717) is 12.5 Å². The first-order valence-electron chi connectivity index (χ1n) is 7.33. The molecule has 2 heterocycles. The Morgan fingerprint density at radius 3 is 2.76 bits per heavy atom. The lowest BCUT2D eigenvalue weighted by Gasteiger charge is -2.14. The number of aromatic nitrogens is 5. The lowest BCUT2D eigenvalue weighted by Crippen LogP contribution is -2.30. The lowest BCUT2D eigenvalue weighted by atomic mass is 10.2. The second-order valence-electron chi connectivity index (χ2n) is 5.17. The van der Waals surface area contributed by atoms with E-state index < -0.39 is 29.2 Å². The van der Waals surface area contributed by atoms with Gasteiger partial charge in [-0.2, -0.15) is 4.68 Å². The van der Waals surface area contributed by atoms with Crippen LogP contribution < -0.4 is 5.56 Å². The minimum atomic E-state index is -0.876. The van der Waals surface area contributed by atoms with Gasteiger partial charge in [0.1, 0.15) is 23.9 Å². The molecule has 0 amide bonds. The summed E-state index contributed by atoms with van der Waals surface area (Å²) in [5, 5.41) is 7.45. The lowest BCUT2D eigenvalue weighted by molar-refractivity contribution is -0.144. The molecule has 2 aromatic heterocycles. The molecule has 0 saturated heterocycles. The predicted octanol–water partition coefficient (Wildman–Crippen LogP) is 1.38. The number of esters is 1. The minimum absolute atomic E-state index is 0.00789. The average molecular weight is 349 g/mol. The Balaban J connectivity index is 2.17. The van der Waals surface area contributed by atoms with Gasteiger partial charge in [-0.1, -0.05) is 12.1 Å². The summed E-state index contributed by atoms with van der Waals surface area (Å²) in [6, 6.07) is 2.04. The second kappa shape index (κ2) is 6.38. The van der Waals surface area contributed by atoms with Gasteiger partial charge in [0.25, 0.3) is 5.56 Å². The molecule has 25 heavy (non-hydrogen) atoms. The molecule has 0 radical (unpaired) electrons. The smallest absolute Gasteiger partial charge is 0.329 e. The average Bonchev–Trinajstić information content (AvgIpc) is 3.02. The normalized spacial score (nSPS) is 12.3. The van der Waals surface area contributed by atoms with Gasteiger partial charge in [-0.3, -0.25) is 9.36 Å². The molecule has 3 aromatic rings. The minimum Gasteiger partial charge on any atom is -0.467 e. The van der Waals surface area contributed by atoms with Crippen LogP contribution in [0.5, 0.6) is 0 Å². The third-order valence-electron chi connectivity index (χ3n) is 3.72. The van der Waals surface area contributed by atoms with Crippen LogP contribution in [0.25, 0.3) is 16.9 Å². The Morgan fingerprint density at radius 1 is 1.36 bits per heavy atom. The van der Waals surface area contributed by atoms with Crippen molar-refractivity contribution in [1.29, 1.82) is 0 Å². The SMILES string of the molecule is CC[C@@H](C(=O)OC)n1cnc2c(nnn2-c2ccc(F)cc2F)c1=O. The highest BCUT2D eigenvalue weighted by Crippen LogP contribution is 2.18. The third-order valence-corrected chi connectivity index (χ3v) is 3.72. The van der Waals surface area contributed by atoms with E-state index in [9.17, 15) is 18.4 Å². The van der Waals surface area contributed by atoms with Crippen molar-refractivity contribution >= 4 is 17.1 Å². The Kier molecular flexibility index (Phi) is 4.26. The van der Waals surface area contributed by atoms with Gasteiger partial charge in [0.05, 0.1) is 7.11 Å². The fourth-order valence-electron chi connectivity index (χ4n) is 2.47. The van der Waals surface area contributed by atoms with Crippen molar-refractivity contribution in [2.45, 2.75) is 19.4 Å². The maximum absolute atomic E-state index is 14.0. The topological polar surface area (TPSA) is 91.9 Å². The zero-order chi connectivity index (χ0) is 18.1. The number of fused-ring (bicyclic) bond motifs is 1. The molecule has 0 fully saturated rings. The number of halogens is 2. The van der Waals surface area contributed by atoms with E-state index in [-0.39, 0.29) is 16.9 Å². The number of ether oxygens (including phenoxy) is 1. The van der Waals surface area contributed by atoms with Crippen LogP contribution in [-0.2, 0) is 9.53 Å². The van der Waals surface area contributed by atoms with Crippen molar-refractivity contribution in [2.75, 3.05) is 7.11 Å². The summed E-state index contributed by atoms with van der Waals surface area (Å²) in [5.74, 6) is -2.22. The molecule has 0 aliphatic heterocycles. The Hall–Kier alpha value is -3.17. The van der Waals surface area contributed by atoms with E-state index in [0.717, 1.165) is 27.7 Å². The van der Waals surface area contributed by atoms with Crippen molar-refractivity contribution in [1.82, 2.24) is 24.5 Å². The van der Waals surface area contributed by atoms with Crippen molar-refractivity contribution in [3.05, 3.63) is 46.5 Å². The summed E-state index contributed by atoms with van der Waals surface area (Å²) >= 11 is 0. The van der Waals surface area contributed by atoms with Crippen LogP contribution in [0.15, 0.2) is 29.3 Å². The molecule has 0 saturated carbocycles. The summed E-state index contributed by atoms with van der Waals surface area (Å²) in [5.41, 5.74) is -0.871. The van der Waals surface area contributed by atoms with Crippen LogP contribution in [0.1, 0.15) is 19.4 Å². The first-order chi connectivity index (χ1) is 12.0. The van der Waals surface area contributed by atoms with Gasteiger partial charge in [-0.15, -0.1) is 5.10 Å². The molecule has 1 atom stereocenters. The monoisotopic (exact) mass is 349 g/mol. The molecule has 0 unspecified atom stereocenters. The molecule has 10 heteroatoms. The van der Waals surface area contributed by atoms with E-state index in [1.54, 1.807) is 6.92 Å². The van der Waals surface area contributed by atoms with Crippen LogP contribution >= 0.6 is 0 Å². The Labute approximate surface area is 139 Å². The van der Waals surface area contributed by atoms with Crippen LogP contribution in [0.2, 0.25) is 0 Å². The van der Waals surface area contributed by atoms with Gasteiger partial charge >= 0.3 is 5.97 Å². The first kappa shape index (κ1) is 16.7. The number of hydrogen-bond donors (Lipinski definition) is 0. The fraction of sp³-hybridized carbons (Fsp3) is 0.267. The highest BCUT2D eigenvalue weighted by atomic mass is 19.1. The second-order valence-corrected chi connectivity index (χ2v) is 5.17. The molecule has 3 rings (SSSR count). The van der Waals surface area contributed by atoms with Crippen LogP contribution in [0.3, 0.4) is 0 Å². The molecule has 1 aromatic carbocycles. The molecular weight excluding hydrogens is 336 g/mol. The van der Waals surface area contributed by atoms with Gasteiger partial charge in [0.2, 0.25) is 0 Å². The van der Waals surface area contributed by atoms with Gasteiger partial charge in [-0.05, 0) is 18.6 Å². The van der Waals surface area contributed by atoms with E-state index in [1.165, 1.54) is 7.11 Å². The van der Waals surface area contributed by atoms with Crippen molar-refractivity contribution in [3.8, 4) is 5.69 Å². The zero-order valence-electron chi connectivity index (χ0n) is 13.3. The van der Waals surface area contributed by atoms with Gasteiger partial charge < -0.3 is 4.74 Å². The summed E-state index contributed by atoms with van der Waals surface area (Å²) in [4.78, 5) is 28.4. The van der Waals surface area contributed by atoms with Crippen molar-refractivity contribution in [2.24, 2.45) is 0 Å². The molecule has 130 valence electrons. The van der Waals surface area contributed by atoms with Gasteiger partial charge in [-0.25, -0.2) is 18.6 Å². The number of methoxy groups -OCH3 is 1. The van der Waals surface area contributed by atoms with Crippen molar-refractivity contribution < 1.29 is 18.3 Å². The summed E-state index contributed by atoms with van der Waals surface area (Å²) in [6.45, 7) is 1.71. The Bertz CT molecular complexity index is 1010. The van der Waals surface area contributed by atoms with Crippen LogP contribution in [-0.4, -0.2) is 37.6 Å². The number of hydrogen-bond acceptors (Lipinski definition) is 6. The van der Waals surface area contributed by atoms with Crippen LogP contribution in [0.4, 0.5) is 8.78 Å². The third kappa shape index (κ3) is 2.75. The van der Waals surface area contributed by atoms with Gasteiger partial charge in [0.15, 0.2) is 17.0 Å². The largest absolute Gasteiger partial charge is 0.467 e. The fourth-order valence-corrected chi connectivity index (χ4v) is 2.47. The summed E-state index contributed by atoms with van der Waals surface area (Å²) < 4.78 is 33.8.